The molecule has 23 heavy (non-hydrogen) atoms. The van der Waals surface area contributed by atoms with Crippen molar-refractivity contribution in [3.8, 4) is 5.75 Å². The van der Waals surface area contributed by atoms with E-state index in [0.29, 0.717) is 13.2 Å². The second-order valence-corrected chi connectivity index (χ2v) is 4.78. The summed E-state index contributed by atoms with van der Waals surface area (Å²) in [6, 6.07) is 10.7. The SMILES string of the molecule is CCOc1ccc(NCCC(=O)Nc2c(F)cccc2F)cc1. The third-order valence-corrected chi connectivity index (χ3v) is 3.07. The smallest absolute Gasteiger partial charge is 0.226 e. The fourth-order valence-corrected chi connectivity index (χ4v) is 1.98. The number of hydrogen-bond donors (Lipinski definition) is 2. The minimum atomic E-state index is -0.794. The number of amides is 1. The summed E-state index contributed by atoms with van der Waals surface area (Å²) in [6.45, 7) is 2.85. The van der Waals surface area contributed by atoms with Crippen LogP contribution in [0.15, 0.2) is 42.5 Å². The Morgan fingerprint density at radius 1 is 1.09 bits per heavy atom. The molecular formula is C17H18F2N2O2. The predicted molar refractivity (Wildman–Crippen MR) is 85.7 cm³/mol. The molecule has 122 valence electrons. The number of para-hydroxylation sites is 1. The van der Waals surface area contributed by atoms with Crippen LogP contribution < -0.4 is 15.4 Å². The van der Waals surface area contributed by atoms with Crippen LogP contribution in [0, 0.1) is 11.6 Å². The molecule has 2 rings (SSSR count). The Morgan fingerprint density at radius 2 is 1.74 bits per heavy atom. The van der Waals surface area contributed by atoms with Gasteiger partial charge >= 0.3 is 0 Å². The predicted octanol–water partition coefficient (Wildman–Crippen LogP) is 3.80. The van der Waals surface area contributed by atoms with Crippen LogP contribution in [0.4, 0.5) is 20.2 Å². The third kappa shape index (κ3) is 4.95. The van der Waals surface area contributed by atoms with Crippen LogP contribution in [0.2, 0.25) is 0 Å². The van der Waals surface area contributed by atoms with Crippen LogP contribution in [-0.2, 0) is 4.79 Å². The largest absolute Gasteiger partial charge is 0.494 e. The molecule has 0 radical (unpaired) electrons. The average Bonchev–Trinajstić information content (AvgIpc) is 2.53. The maximum Gasteiger partial charge on any atom is 0.226 e. The molecule has 0 atom stereocenters. The standard InChI is InChI=1S/C17H18F2N2O2/c1-2-23-13-8-6-12(7-9-13)20-11-10-16(22)21-17-14(18)4-3-5-15(17)19/h3-9,20H,2,10-11H2,1H3,(H,21,22). The highest BCUT2D eigenvalue weighted by Gasteiger charge is 2.11. The van der Waals surface area contributed by atoms with E-state index in [4.69, 9.17) is 4.74 Å². The lowest BCUT2D eigenvalue weighted by Crippen LogP contribution is -2.17. The van der Waals surface area contributed by atoms with Crippen LogP contribution in [0.1, 0.15) is 13.3 Å². The van der Waals surface area contributed by atoms with Gasteiger partial charge in [-0.25, -0.2) is 8.78 Å². The summed E-state index contributed by atoms with van der Waals surface area (Å²) in [7, 11) is 0. The lowest BCUT2D eigenvalue weighted by molar-refractivity contribution is -0.116. The second-order valence-electron chi connectivity index (χ2n) is 4.78. The van der Waals surface area contributed by atoms with Crippen molar-refractivity contribution in [3.63, 3.8) is 0 Å². The summed E-state index contributed by atoms with van der Waals surface area (Å²) >= 11 is 0. The van der Waals surface area contributed by atoms with Gasteiger partial charge in [-0.1, -0.05) is 6.07 Å². The number of carbonyl (C=O) groups is 1. The number of benzene rings is 2. The van der Waals surface area contributed by atoms with Crippen molar-refractivity contribution in [1.29, 1.82) is 0 Å². The van der Waals surface area contributed by atoms with Gasteiger partial charge in [0.2, 0.25) is 5.91 Å². The highest BCUT2D eigenvalue weighted by atomic mass is 19.1. The van der Waals surface area contributed by atoms with Gasteiger partial charge in [0.05, 0.1) is 6.61 Å². The van der Waals surface area contributed by atoms with E-state index in [-0.39, 0.29) is 6.42 Å². The molecule has 0 saturated carbocycles. The number of hydrogen-bond acceptors (Lipinski definition) is 3. The molecule has 0 saturated heterocycles. The van der Waals surface area contributed by atoms with E-state index in [1.54, 1.807) is 0 Å². The first-order valence-corrected chi connectivity index (χ1v) is 7.30. The first-order chi connectivity index (χ1) is 11.1. The molecular weight excluding hydrogens is 302 g/mol. The van der Waals surface area contributed by atoms with E-state index in [9.17, 15) is 13.6 Å². The number of halogens is 2. The summed E-state index contributed by atoms with van der Waals surface area (Å²) in [5.74, 6) is -1.28. The Hall–Kier alpha value is -2.63. The fourth-order valence-electron chi connectivity index (χ4n) is 1.98. The normalized spacial score (nSPS) is 10.2. The Balaban J connectivity index is 1.80. The van der Waals surface area contributed by atoms with Gasteiger partial charge in [0.1, 0.15) is 23.1 Å². The molecule has 1 amide bonds. The number of rotatable bonds is 7. The van der Waals surface area contributed by atoms with E-state index >= 15 is 0 Å². The van der Waals surface area contributed by atoms with Crippen molar-refractivity contribution in [2.75, 3.05) is 23.8 Å². The molecule has 0 unspecified atom stereocenters. The molecule has 2 aromatic carbocycles. The Kier molecular flexibility index (Phi) is 5.91. The van der Waals surface area contributed by atoms with Crippen LogP contribution in [0.5, 0.6) is 5.75 Å². The van der Waals surface area contributed by atoms with Crippen molar-refractivity contribution in [2.24, 2.45) is 0 Å². The van der Waals surface area contributed by atoms with E-state index in [1.807, 2.05) is 31.2 Å². The second kappa shape index (κ2) is 8.12. The molecule has 4 nitrogen and oxygen atoms in total. The summed E-state index contributed by atoms with van der Waals surface area (Å²) in [5, 5.41) is 5.30. The Morgan fingerprint density at radius 3 is 2.35 bits per heavy atom. The molecule has 0 bridgehead atoms. The lowest BCUT2D eigenvalue weighted by atomic mass is 10.2. The topological polar surface area (TPSA) is 50.4 Å². The highest BCUT2D eigenvalue weighted by Crippen LogP contribution is 2.18. The summed E-state index contributed by atoms with van der Waals surface area (Å²) < 4.78 is 32.2. The van der Waals surface area contributed by atoms with Gasteiger partial charge in [0.15, 0.2) is 0 Å². The minimum absolute atomic E-state index is 0.0843. The molecule has 0 aliphatic rings. The van der Waals surface area contributed by atoms with Gasteiger partial charge in [-0.3, -0.25) is 4.79 Å². The third-order valence-electron chi connectivity index (χ3n) is 3.07. The highest BCUT2D eigenvalue weighted by molar-refractivity contribution is 5.91. The van der Waals surface area contributed by atoms with Gasteiger partial charge < -0.3 is 15.4 Å². The Bertz CT molecular complexity index is 640. The maximum absolute atomic E-state index is 13.4. The van der Waals surface area contributed by atoms with Gasteiger partial charge in [-0.15, -0.1) is 0 Å². The van der Waals surface area contributed by atoms with Crippen LogP contribution in [0.3, 0.4) is 0 Å². The molecule has 2 N–H and O–H groups in total. The summed E-state index contributed by atoms with van der Waals surface area (Å²) in [5.41, 5.74) is 0.414. The first-order valence-electron chi connectivity index (χ1n) is 7.30. The zero-order valence-corrected chi connectivity index (χ0v) is 12.7. The molecule has 0 aliphatic heterocycles. The van der Waals surface area contributed by atoms with E-state index in [1.165, 1.54) is 6.07 Å². The molecule has 0 spiro atoms. The number of ether oxygens (including phenoxy) is 1. The average molecular weight is 320 g/mol. The number of anilines is 2. The molecule has 0 aromatic heterocycles. The van der Waals surface area contributed by atoms with Gasteiger partial charge in [0, 0.05) is 18.7 Å². The molecule has 2 aromatic rings. The summed E-state index contributed by atoms with van der Waals surface area (Å²) in [4.78, 5) is 11.7. The van der Waals surface area contributed by atoms with Gasteiger partial charge in [0.25, 0.3) is 0 Å². The Labute approximate surface area is 133 Å². The van der Waals surface area contributed by atoms with Gasteiger partial charge in [-0.2, -0.15) is 0 Å². The quantitative estimate of drug-likeness (QED) is 0.816. The van der Waals surface area contributed by atoms with Crippen molar-refractivity contribution in [1.82, 2.24) is 0 Å². The van der Waals surface area contributed by atoms with Crippen molar-refractivity contribution in [2.45, 2.75) is 13.3 Å². The molecule has 0 fully saturated rings. The van der Waals surface area contributed by atoms with E-state index in [0.717, 1.165) is 23.6 Å². The number of carbonyl (C=O) groups excluding carboxylic acids is 1. The fraction of sp³-hybridized carbons (Fsp3) is 0.235. The monoisotopic (exact) mass is 320 g/mol. The van der Waals surface area contributed by atoms with E-state index < -0.39 is 23.2 Å². The van der Waals surface area contributed by atoms with Crippen molar-refractivity contribution >= 4 is 17.3 Å². The molecule has 0 heterocycles. The van der Waals surface area contributed by atoms with Crippen molar-refractivity contribution in [3.05, 3.63) is 54.1 Å². The summed E-state index contributed by atoms with van der Waals surface area (Å²) in [6.07, 6.45) is 0.0843. The minimum Gasteiger partial charge on any atom is -0.494 e. The van der Waals surface area contributed by atoms with Crippen LogP contribution in [0.25, 0.3) is 0 Å². The zero-order chi connectivity index (χ0) is 16.7. The maximum atomic E-state index is 13.4. The van der Waals surface area contributed by atoms with Crippen LogP contribution in [-0.4, -0.2) is 19.1 Å². The first kappa shape index (κ1) is 16.7. The van der Waals surface area contributed by atoms with Crippen LogP contribution >= 0.6 is 0 Å². The molecule has 0 aliphatic carbocycles. The molecule has 6 heteroatoms. The van der Waals surface area contributed by atoms with Crippen molar-refractivity contribution < 1.29 is 18.3 Å². The zero-order valence-electron chi connectivity index (χ0n) is 12.7. The van der Waals surface area contributed by atoms with E-state index in [2.05, 4.69) is 10.6 Å². The van der Waals surface area contributed by atoms with Gasteiger partial charge in [-0.05, 0) is 43.3 Å². The number of nitrogens with one attached hydrogen (secondary N) is 2. The lowest BCUT2D eigenvalue weighted by Gasteiger charge is -2.09.